The summed E-state index contributed by atoms with van der Waals surface area (Å²) in [6, 6.07) is -1.95. The van der Waals surface area contributed by atoms with Crippen LogP contribution in [0.15, 0.2) is 6.07 Å². The smallest absolute Gasteiger partial charge is 0.283 e. The van der Waals surface area contributed by atoms with Crippen LogP contribution in [-0.2, 0) is 4.79 Å². The number of carbonyl (C=O) groups excluding carboxylic acids is 1. The largest absolute Gasteiger partial charge is 0.319 e. The maximum Gasteiger partial charge on any atom is 0.283 e. The first-order valence-electron chi connectivity index (χ1n) is 6.95. The van der Waals surface area contributed by atoms with E-state index in [1.807, 2.05) is 0 Å². The standard InChI is InChI=1S/C14H8ClF8N3O/c1-3(26-11(13(22)23)6(15)9(25-26)12(20)21)14(27)24-10-7(18)4(16)2-5(17)8(10)19/h2-3,12-13H,1H3,(H,24,27). The second-order valence-electron chi connectivity index (χ2n) is 5.14. The van der Waals surface area contributed by atoms with Crippen molar-refractivity contribution >= 4 is 23.2 Å². The highest BCUT2D eigenvalue weighted by Crippen LogP contribution is 2.36. The SMILES string of the molecule is CC(C(=O)Nc1c(F)c(F)cc(F)c1F)n1nc(C(F)F)c(Cl)c1C(F)F. The number of rotatable bonds is 5. The van der Waals surface area contributed by atoms with Crippen LogP contribution in [0.3, 0.4) is 0 Å². The number of anilines is 1. The summed E-state index contributed by atoms with van der Waals surface area (Å²) < 4.78 is 105. The number of carbonyl (C=O) groups is 1. The quantitative estimate of drug-likeness (QED) is 0.535. The Hall–Kier alpha value is -2.37. The Morgan fingerprint density at radius 3 is 2.04 bits per heavy atom. The van der Waals surface area contributed by atoms with Crippen LogP contribution in [0.2, 0.25) is 5.02 Å². The van der Waals surface area contributed by atoms with Crippen molar-refractivity contribution in [3.05, 3.63) is 45.7 Å². The van der Waals surface area contributed by atoms with Crippen LogP contribution < -0.4 is 5.32 Å². The lowest BCUT2D eigenvalue weighted by Gasteiger charge is -2.16. The predicted octanol–water partition coefficient (Wildman–Crippen LogP) is 5.17. The van der Waals surface area contributed by atoms with Crippen LogP contribution >= 0.6 is 11.6 Å². The Balaban J connectivity index is 2.44. The van der Waals surface area contributed by atoms with Crippen molar-refractivity contribution in [2.45, 2.75) is 25.8 Å². The molecule has 1 amide bonds. The fourth-order valence-electron chi connectivity index (χ4n) is 2.10. The molecule has 0 bridgehead atoms. The van der Waals surface area contributed by atoms with Crippen molar-refractivity contribution < 1.29 is 39.9 Å². The average Bonchev–Trinajstić information content (AvgIpc) is 2.93. The molecule has 1 heterocycles. The van der Waals surface area contributed by atoms with Gasteiger partial charge < -0.3 is 5.32 Å². The monoisotopic (exact) mass is 421 g/mol. The molecule has 0 spiro atoms. The summed E-state index contributed by atoms with van der Waals surface area (Å²) >= 11 is 5.43. The van der Waals surface area contributed by atoms with Crippen molar-refractivity contribution in [3.63, 3.8) is 0 Å². The maximum atomic E-state index is 13.6. The van der Waals surface area contributed by atoms with Gasteiger partial charge in [0.25, 0.3) is 12.9 Å². The number of halogens is 9. The van der Waals surface area contributed by atoms with Gasteiger partial charge in [-0.3, -0.25) is 4.79 Å². The summed E-state index contributed by atoms with van der Waals surface area (Å²) in [5, 5.41) is 3.52. The Morgan fingerprint density at radius 2 is 1.59 bits per heavy atom. The van der Waals surface area contributed by atoms with Crippen LogP contribution in [0.5, 0.6) is 0 Å². The van der Waals surface area contributed by atoms with E-state index in [0.717, 1.165) is 6.92 Å². The normalized spacial score (nSPS) is 12.7. The number of aromatic nitrogens is 2. The van der Waals surface area contributed by atoms with E-state index in [0.29, 0.717) is 0 Å². The molecule has 0 aliphatic rings. The molecule has 1 aromatic heterocycles. The zero-order chi connectivity index (χ0) is 20.6. The molecule has 0 fully saturated rings. The van der Waals surface area contributed by atoms with Gasteiger partial charge in [-0.1, -0.05) is 11.6 Å². The Labute approximate surface area is 150 Å². The lowest BCUT2D eigenvalue weighted by Crippen LogP contribution is -2.27. The van der Waals surface area contributed by atoms with Gasteiger partial charge in [-0.25, -0.2) is 39.8 Å². The first-order valence-corrected chi connectivity index (χ1v) is 7.33. The fourth-order valence-corrected chi connectivity index (χ4v) is 2.39. The molecule has 4 nitrogen and oxygen atoms in total. The number of hydrogen-bond acceptors (Lipinski definition) is 2. The van der Waals surface area contributed by atoms with Crippen LogP contribution in [0.25, 0.3) is 0 Å². The topological polar surface area (TPSA) is 46.9 Å². The number of amides is 1. The zero-order valence-corrected chi connectivity index (χ0v) is 13.8. The minimum Gasteiger partial charge on any atom is -0.319 e. The van der Waals surface area contributed by atoms with Crippen molar-refractivity contribution in [2.75, 3.05) is 5.32 Å². The lowest BCUT2D eigenvalue weighted by atomic mass is 10.2. The van der Waals surface area contributed by atoms with Gasteiger partial charge in [0.05, 0.1) is 5.02 Å². The highest BCUT2D eigenvalue weighted by Gasteiger charge is 2.32. The summed E-state index contributed by atoms with van der Waals surface area (Å²) in [7, 11) is 0. The van der Waals surface area contributed by atoms with Gasteiger partial charge in [-0.2, -0.15) is 5.10 Å². The van der Waals surface area contributed by atoms with Crippen LogP contribution in [-0.4, -0.2) is 15.7 Å². The average molecular weight is 422 g/mol. The Bertz CT molecular complexity index is 860. The van der Waals surface area contributed by atoms with Crippen molar-refractivity contribution in [1.29, 1.82) is 0 Å². The molecule has 1 atom stereocenters. The van der Waals surface area contributed by atoms with E-state index < -0.39 is 70.2 Å². The van der Waals surface area contributed by atoms with E-state index in [-0.39, 0.29) is 10.7 Å². The Kier molecular flexibility index (Phi) is 5.97. The third-order valence-electron chi connectivity index (χ3n) is 3.43. The van der Waals surface area contributed by atoms with Crippen molar-refractivity contribution in [1.82, 2.24) is 9.78 Å². The molecule has 0 saturated carbocycles. The molecule has 13 heteroatoms. The van der Waals surface area contributed by atoms with Gasteiger partial charge in [0.2, 0.25) is 5.91 Å². The molecule has 2 aromatic rings. The van der Waals surface area contributed by atoms with Gasteiger partial charge in [-0.15, -0.1) is 0 Å². The number of hydrogen-bond donors (Lipinski definition) is 1. The van der Waals surface area contributed by atoms with E-state index in [9.17, 15) is 39.9 Å². The summed E-state index contributed by atoms with van der Waals surface area (Å²) in [6.07, 6.45) is -6.77. The molecule has 1 unspecified atom stereocenters. The first-order chi connectivity index (χ1) is 12.5. The van der Waals surface area contributed by atoms with E-state index >= 15 is 0 Å². The lowest BCUT2D eigenvalue weighted by molar-refractivity contribution is -0.119. The predicted molar refractivity (Wildman–Crippen MR) is 76.8 cm³/mol. The summed E-state index contributed by atoms with van der Waals surface area (Å²) in [6.45, 7) is 0.866. The molecule has 1 aromatic carbocycles. The molecule has 148 valence electrons. The Morgan fingerprint density at radius 1 is 1.07 bits per heavy atom. The molecular weight excluding hydrogens is 414 g/mol. The molecule has 27 heavy (non-hydrogen) atoms. The number of nitrogens with zero attached hydrogens (tertiary/aromatic N) is 2. The van der Waals surface area contributed by atoms with E-state index in [4.69, 9.17) is 11.6 Å². The summed E-state index contributed by atoms with van der Waals surface area (Å²) in [5.41, 5.74) is -3.99. The second kappa shape index (κ2) is 7.71. The molecular formula is C14H8ClF8N3O. The van der Waals surface area contributed by atoms with E-state index in [2.05, 4.69) is 5.10 Å². The summed E-state index contributed by atoms with van der Waals surface area (Å²) in [5.74, 6) is -9.02. The molecule has 0 saturated heterocycles. The minimum atomic E-state index is -3.42. The van der Waals surface area contributed by atoms with Crippen LogP contribution in [0.4, 0.5) is 40.8 Å². The van der Waals surface area contributed by atoms with Crippen LogP contribution in [0, 0.1) is 23.3 Å². The van der Waals surface area contributed by atoms with Gasteiger partial charge in [0, 0.05) is 6.07 Å². The molecule has 1 N–H and O–H groups in total. The van der Waals surface area contributed by atoms with Gasteiger partial charge >= 0.3 is 0 Å². The second-order valence-corrected chi connectivity index (χ2v) is 5.52. The van der Waals surface area contributed by atoms with Crippen LogP contribution in [0.1, 0.15) is 37.2 Å². The van der Waals surface area contributed by atoms with Crippen molar-refractivity contribution in [3.8, 4) is 0 Å². The maximum absolute atomic E-state index is 13.6. The molecule has 0 aliphatic heterocycles. The highest BCUT2D eigenvalue weighted by molar-refractivity contribution is 6.32. The number of nitrogens with one attached hydrogen (secondary N) is 1. The van der Waals surface area contributed by atoms with Gasteiger partial charge in [0.1, 0.15) is 23.1 Å². The van der Waals surface area contributed by atoms with Crippen molar-refractivity contribution in [2.24, 2.45) is 0 Å². The van der Waals surface area contributed by atoms with E-state index in [1.165, 1.54) is 5.32 Å². The molecule has 0 radical (unpaired) electrons. The first kappa shape index (κ1) is 20.9. The number of benzene rings is 1. The fraction of sp³-hybridized carbons (Fsp3) is 0.286. The summed E-state index contributed by atoms with van der Waals surface area (Å²) in [4.78, 5) is 12.1. The zero-order valence-electron chi connectivity index (χ0n) is 13.0. The van der Waals surface area contributed by atoms with Gasteiger partial charge in [-0.05, 0) is 6.92 Å². The number of alkyl halides is 4. The van der Waals surface area contributed by atoms with E-state index in [1.54, 1.807) is 0 Å². The third kappa shape index (κ3) is 3.84. The molecule has 0 aliphatic carbocycles. The minimum absolute atomic E-state index is 0.110. The third-order valence-corrected chi connectivity index (χ3v) is 3.82. The molecule has 2 rings (SSSR count). The highest BCUT2D eigenvalue weighted by atomic mass is 35.5. The van der Waals surface area contributed by atoms with Gasteiger partial charge in [0.15, 0.2) is 23.3 Å².